The average molecular weight is 299 g/mol. The van der Waals surface area contributed by atoms with Gasteiger partial charge in [0.15, 0.2) is 0 Å². The van der Waals surface area contributed by atoms with Gasteiger partial charge in [0.05, 0.1) is 17.1 Å². The quantitative estimate of drug-likeness (QED) is 0.397. The van der Waals surface area contributed by atoms with E-state index in [2.05, 4.69) is 0 Å². The molecule has 6 nitrogen and oxygen atoms in total. The van der Waals surface area contributed by atoms with E-state index in [0.29, 0.717) is 16.7 Å². The molecule has 0 saturated carbocycles. The van der Waals surface area contributed by atoms with E-state index >= 15 is 0 Å². The minimum atomic E-state index is -0.581. The summed E-state index contributed by atoms with van der Waals surface area (Å²) < 4.78 is 5.25. The Bertz CT molecular complexity index is 710. The van der Waals surface area contributed by atoms with Gasteiger partial charge in [-0.15, -0.1) is 0 Å². The van der Waals surface area contributed by atoms with Crippen LogP contribution in [0.1, 0.15) is 21.5 Å². The molecule has 0 radical (unpaired) electrons. The van der Waals surface area contributed by atoms with E-state index in [1.807, 2.05) is 0 Å². The number of esters is 1. The first-order valence-corrected chi connectivity index (χ1v) is 6.43. The summed E-state index contributed by atoms with van der Waals surface area (Å²) in [6.07, 6.45) is 2.09. The summed E-state index contributed by atoms with van der Waals surface area (Å²) in [4.78, 5) is 21.7. The molecule has 6 heteroatoms. The monoisotopic (exact) mass is 299 g/mol. The van der Waals surface area contributed by atoms with Crippen LogP contribution in [0, 0.1) is 10.1 Å². The molecule has 2 aromatic rings. The summed E-state index contributed by atoms with van der Waals surface area (Å²) >= 11 is 0. The summed E-state index contributed by atoms with van der Waals surface area (Å²) in [7, 11) is 0. The topological polar surface area (TPSA) is 89.7 Å². The second kappa shape index (κ2) is 7.14. The molecule has 1 N–H and O–H groups in total. The van der Waals surface area contributed by atoms with Gasteiger partial charge in [-0.1, -0.05) is 24.3 Å². The van der Waals surface area contributed by atoms with E-state index < -0.39 is 10.9 Å². The molecule has 22 heavy (non-hydrogen) atoms. The molecule has 0 saturated heterocycles. The summed E-state index contributed by atoms with van der Waals surface area (Å²) in [5.41, 5.74) is 1.29. The second-order valence-corrected chi connectivity index (χ2v) is 4.38. The number of hydrogen-bond donors (Lipinski definition) is 1. The van der Waals surface area contributed by atoms with Crippen molar-refractivity contribution in [3.05, 3.63) is 81.5 Å². The number of rotatable bonds is 5. The molecule has 2 rings (SSSR count). The van der Waals surface area contributed by atoms with E-state index in [-0.39, 0.29) is 12.4 Å². The normalized spacial score (nSPS) is 10.6. The highest BCUT2D eigenvalue weighted by Gasteiger charge is 2.11. The molecular formula is C16H13NO5. The van der Waals surface area contributed by atoms with Crippen LogP contribution in [-0.4, -0.2) is 16.0 Å². The molecule has 0 spiro atoms. The lowest BCUT2D eigenvalue weighted by Crippen LogP contribution is -2.09. The number of hydrogen-bond acceptors (Lipinski definition) is 5. The highest BCUT2D eigenvalue weighted by atomic mass is 16.6. The average Bonchev–Trinajstić information content (AvgIpc) is 2.54. The van der Waals surface area contributed by atoms with Gasteiger partial charge in [0, 0.05) is 11.6 Å². The van der Waals surface area contributed by atoms with Crippen molar-refractivity contribution in [3.63, 3.8) is 0 Å². The lowest BCUT2D eigenvalue weighted by molar-refractivity contribution is -0.400. The van der Waals surface area contributed by atoms with Crippen molar-refractivity contribution >= 4 is 12.0 Å². The van der Waals surface area contributed by atoms with Gasteiger partial charge in [-0.3, -0.25) is 10.1 Å². The lowest BCUT2D eigenvalue weighted by atomic mass is 10.1. The summed E-state index contributed by atoms with van der Waals surface area (Å²) in [5.74, 6) is -0.321. The van der Waals surface area contributed by atoms with E-state index in [9.17, 15) is 20.0 Å². The third-order valence-corrected chi connectivity index (χ3v) is 2.86. The Hall–Kier alpha value is -2.99. The number of benzene rings is 2. The Labute approximate surface area is 126 Å². The fourth-order valence-corrected chi connectivity index (χ4v) is 1.81. The van der Waals surface area contributed by atoms with Crippen molar-refractivity contribution in [3.8, 4) is 5.75 Å². The Balaban J connectivity index is 2.21. The maximum absolute atomic E-state index is 12.0. The molecular weight excluding hydrogens is 286 g/mol. The van der Waals surface area contributed by atoms with Gasteiger partial charge in [0.1, 0.15) is 5.75 Å². The number of nitrogens with zero attached hydrogens (tertiary/aromatic N) is 1. The van der Waals surface area contributed by atoms with Crippen LogP contribution in [0.5, 0.6) is 5.75 Å². The first kappa shape index (κ1) is 15.4. The van der Waals surface area contributed by atoms with E-state index in [1.165, 1.54) is 18.2 Å². The number of ether oxygens (including phenoxy) is 1. The smallest absolute Gasteiger partial charge is 0.343 e. The molecule has 0 atom stereocenters. The van der Waals surface area contributed by atoms with Gasteiger partial charge in [0.2, 0.25) is 6.20 Å². The Morgan fingerprint density at radius 3 is 2.59 bits per heavy atom. The number of carbonyl (C=O) groups is 1. The minimum Gasteiger partial charge on any atom is -0.423 e. The Morgan fingerprint density at radius 1 is 1.23 bits per heavy atom. The SMILES string of the molecule is O=C(Oc1ccc(C=C[N+](=O)[O-])cc1CO)c1ccccc1. The molecule has 0 aromatic heterocycles. The van der Waals surface area contributed by atoms with Crippen molar-refractivity contribution in [2.45, 2.75) is 6.61 Å². The minimum absolute atomic E-state index is 0.217. The van der Waals surface area contributed by atoms with Crippen LogP contribution in [-0.2, 0) is 6.61 Å². The van der Waals surface area contributed by atoms with Gasteiger partial charge < -0.3 is 9.84 Å². The number of aliphatic hydroxyl groups excluding tert-OH is 1. The molecule has 2 aromatic carbocycles. The van der Waals surface area contributed by atoms with Crippen molar-refractivity contribution in [2.75, 3.05) is 0 Å². The Morgan fingerprint density at radius 2 is 1.95 bits per heavy atom. The van der Waals surface area contributed by atoms with E-state index in [4.69, 9.17) is 4.74 Å². The maximum atomic E-state index is 12.0. The summed E-state index contributed by atoms with van der Waals surface area (Å²) in [5, 5.41) is 19.7. The molecule has 0 amide bonds. The molecule has 0 aliphatic heterocycles. The highest BCUT2D eigenvalue weighted by molar-refractivity contribution is 5.91. The molecule has 0 aliphatic rings. The Kier molecular flexibility index (Phi) is 5.00. The molecule has 0 aliphatic carbocycles. The van der Waals surface area contributed by atoms with Gasteiger partial charge in [-0.25, -0.2) is 4.79 Å². The van der Waals surface area contributed by atoms with Gasteiger partial charge in [0.25, 0.3) is 0 Å². The van der Waals surface area contributed by atoms with Crippen LogP contribution in [0.3, 0.4) is 0 Å². The zero-order chi connectivity index (χ0) is 15.9. The molecule has 0 unspecified atom stereocenters. The molecule has 0 heterocycles. The van der Waals surface area contributed by atoms with Gasteiger partial charge >= 0.3 is 5.97 Å². The predicted molar refractivity (Wildman–Crippen MR) is 79.8 cm³/mol. The van der Waals surface area contributed by atoms with Crippen molar-refractivity contribution in [2.24, 2.45) is 0 Å². The number of nitro groups is 1. The van der Waals surface area contributed by atoms with Gasteiger partial charge in [-0.05, 0) is 29.8 Å². The van der Waals surface area contributed by atoms with Crippen molar-refractivity contribution in [1.29, 1.82) is 0 Å². The zero-order valence-corrected chi connectivity index (χ0v) is 11.5. The van der Waals surface area contributed by atoms with Gasteiger partial charge in [-0.2, -0.15) is 0 Å². The van der Waals surface area contributed by atoms with Crippen LogP contribution < -0.4 is 4.74 Å². The predicted octanol–water partition coefficient (Wildman–Crippen LogP) is 2.65. The van der Waals surface area contributed by atoms with Crippen LogP contribution in [0.2, 0.25) is 0 Å². The fourth-order valence-electron chi connectivity index (χ4n) is 1.81. The van der Waals surface area contributed by atoms with Crippen molar-refractivity contribution in [1.82, 2.24) is 0 Å². The number of carbonyl (C=O) groups excluding carboxylic acids is 1. The first-order chi connectivity index (χ1) is 10.6. The fraction of sp³-hybridized carbons (Fsp3) is 0.0625. The number of aliphatic hydroxyl groups is 1. The zero-order valence-electron chi connectivity index (χ0n) is 11.5. The van der Waals surface area contributed by atoms with E-state index in [1.54, 1.807) is 36.4 Å². The summed E-state index contributed by atoms with van der Waals surface area (Å²) in [6.45, 7) is -0.350. The highest BCUT2D eigenvalue weighted by Crippen LogP contribution is 2.22. The summed E-state index contributed by atoms with van der Waals surface area (Å²) in [6, 6.07) is 13.0. The van der Waals surface area contributed by atoms with E-state index in [0.717, 1.165) is 6.20 Å². The third kappa shape index (κ3) is 4.00. The molecule has 0 bridgehead atoms. The maximum Gasteiger partial charge on any atom is 0.343 e. The lowest BCUT2D eigenvalue weighted by Gasteiger charge is -2.09. The van der Waals surface area contributed by atoms with Crippen LogP contribution in [0.25, 0.3) is 6.08 Å². The third-order valence-electron chi connectivity index (χ3n) is 2.86. The van der Waals surface area contributed by atoms with Crippen molar-refractivity contribution < 1.29 is 19.6 Å². The molecule has 112 valence electrons. The van der Waals surface area contributed by atoms with Crippen LogP contribution >= 0.6 is 0 Å². The van der Waals surface area contributed by atoms with Crippen LogP contribution in [0.4, 0.5) is 0 Å². The standard InChI is InChI=1S/C16H13NO5/c18-11-14-10-12(8-9-17(20)21)6-7-15(14)22-16(19)13-4-2-1-3-5-13/h1-10,18H,11H2. The largest absolute Gasteiger partial charge is 0.423 e. The van der Waals surface area contributed by atoms with Crippen LogP contribution in [0.15, 0.2) is 54.7 Å². The second-order valence-electron chi connectivity index (χ2n) is 4.38. The molecule has 0 fully saturated rings. The first-order valence-electron chi connectivity index (χ1n) is 6.43.